The molecular weight excluding hydrogens is 228 g/mol. The third-order valence-electron chi connectivity index (χ3n) is 4.16. The number of rotatable bonds is 5. The maximum atomic E-state index is 10.6. The molecule has 1 aliphatic rings. The highest BCUT2D eigenvalue weighted by Crippen LogP contribution is 2.40. The Labute approximate surface area is 108 Å². The lowest BCUT2D eigenvalue weighted by Gasteiger charge is -2.28. The van der Waals surface area contributed by atoms with Crippen molar-refractivity contribution in [1.82, 2.24) is 0 Å². The first kappa shape index (κ1) is 12.9. The third-order valence-corrected chi connectivity index (χ3v) is 4.16. The van der Waals surface area contributed by atoms with Crippen molar-refractivity contribution in [2.45, 2.75) is 39.0 Å². The van der Waals surface area contributed by atoms with Gasteiger partial charge in [0.2, 0.25) is 0 Å². The summed E-state index contributed by atoms with van der Waals surface area (Å²) in [6, 6.07) is 6.68. The summed E-state index contributed by atoms with van der Waals surface area (Å²) in [5.41, 5.74) is 1.55. The molecule has 2 rings (SSSR count). The van der Waals surface area contributed by atoms with Gasteiger partial charge in [-0.25, -0.2) is 0 Å². The molecule has 1 fully saturated rings. The zero-order valence-electron chi connectivity index (χ0n) is 10.8. The highest BCUT2D eigenvalue weighted by molar-refractivity contribution is 5.48. The fourth-order valence-electron chi connectivity index (χ4n) is 2.77. The van der Waals surface area contributed by atoms with E-state index >= 15 is 0 Å². The molecule has 1 aromatic carbocycles. The number of non-ortho nitro benzene ring substituents is 1. The van der Waals surface area contributed by atoms with Gasteiger partial charge in [0.15, 0.2) is 0 Å². The van der Waals surface area contributed by atoms with Gasteiger partial charge < -0.3 is 5.32 Å². The van der Waals surface area contributed by atoms with Gasteiger partial charge in [-0.05, 0) is 36.8 Å². The van der Waals surface area contributed by atoms with Gasteiger partial charge >= 0.3 is 0 Å². The molecule has 1 aliphatic carbocycles. The predicted octanol–water partition coefficient (Wildman–Crippen LogP) is 3.98. The SMILES string of the molecule is CCC1(CNc2ccc([N+](=O)[O-])cc2)CCCC1. The summed E-state index contributed by atoms with van der Waals surface area (Å²) in [5.74, 6) is 0. The largest absolute Gasteiger partial charge is 0.384 e. The van der Waals surface area contributed by atoms with Gasteiger partial charge in [0, 0.05) is 24.4 Å². The molecule has 0 aromatic heterocycles. The van der Waals surface area contributed by atoms with E-state index in [1.807, 2.05) is 0 Å². The van der Waals surface area contributed by atoms with Crippen LogP contribution >= 0.6 is 0 Å². The number of nitro groups is 1. The first-order valence-electron chi connectivity index (χ1n) is 6.63. The molecule has 0 amide bonds. The number of hydrogen-bond donors (Lipinski definition) is 1. The summed E-state index contributed by atoms with van der Waals surface area (Å²) in [4.78, 5) is 10.2. The molecule has 0 atom stereocenters. The van der Waals surface area contributed by atoms with Crippen molar-refractivity contribution in [3.05, 3.63) is 34.4 Å². The molecule has 0 bridgehead atoms. The summed E-state index contributed by atoms with van der Waals surface area (Å²) in [6.07, 6.45) is 6.45. The topological polar surface area (TPSA) is 55.2 Å². The van der Waals surface area contributed by atoms with Crippen molar-refractivity contribution in [3.8, 4) is 0 Å². The molecule has 4 nitrogen and oxygen atoms in total. The van der Waals surface area contributed by atoms with E-state index in [0.29, 0.717) is 5.41 Å². The van der Waals surface area contributed by atoms with Crippen molar-refractivity contribution < 1.29 is 4.92 Å². The summed E-state index contributed by atoms with van der Waals surface area (Å²) in [6.45, 7) is 3.23. The van der Waals surface area contributed by atoms with Crippen LogP contribution in [0.4, 0.5) is 11.4 Å². The van der Waals surface area contributed by atoms with Gasteiger partial charge in [-0.3, -0.25) is 10.1 Å². The number of benzene rings is 1. The molecule has 18 heavy (non-hydrogen) atoms. The predicted molar refractivity (Wildman–Crippen MR) is 72.8 cm³/mol. The second kappa shape index (κ2) is 5.38. The van der Waals surface area contributed by atoms with Gasteiger partial charge in [0.05, 0.1) is 4.92 Å². The first-order chi connectivity index (χ1) is 8.65. The van der Waals surface area contributed by atoms with E-state index in [-0.39, 0.29) is 10.6 Å². The molecule has 0 unspecified atom stereocenters. The number of anilines is 1. The van der Waals surface area contributed by atoms with E-state index in [9.17, 15) is 10.1 Å². The maximum absolute atomic E-state index is 10.6. The van der Waals surface area contributed by atoms with Crippen LogP contribution in [0.2, 0.25) is 0 Å². The van der Waals surface area contributed by atoms with Gasteiger partial charge in [0.25, 0.3) is 5.69 Å². The maximum Gasteiger partial charge on any atom is 0.269 e. The summed E-state index contributed by atoms with van der Waals surface area (Å²) in [5, 5.41) is 14.0. The van der Waals surface area contributed by atoms with E-state index in [1.165, 1.54) is 32.1 Å². The molecule has 1 N–H and O–H groups in total. The lowest BCUT2D eigenvalue weighted by atomic mass is 9.83. The zero-order valence-corrected chi connectivity index (χ0v) is 10.8. The van der Waals surface area contributed by atoms with Crippen molar-refractivity contribution >= 4 is 11.4 Å². The van der Waals surface area contributed by atoms with E-state index in [2.05, 4.69) is 12.2 Å². The molecule has 0 spiro atoms. The average molecular weight is 248 g/mol. The van der Waals surface area contributed by atoms with E-state index in [0.717, 1.165) is 12.2 Å². The number of nitrogens with zero attached hydrogens (tertiary/aromatic N) is 1. The Hall–Kier alpha value is -1.58. The van der Waals surface area contributed by atoms with E-state index in [4.69, 9.17) is 0 Å². The van der Waals surface area contributed by atoms with Crippen LogP contribution in [0, 0.1) is 15.5 Å². The van der Waals surface area contributed by atoms with Crippen LogP contribution in [0.3, 0.4) is 0 Å². The second-order valence-corrected chi connectivity index (χ2v) is 5.22. The number of nitrogens with one attached hydrogen (secondary N) is 1. The van der Waals surface area contributed by atoms with Crippen LogP contribution in [0.5, 0.6) is 0 Å². The highest BCUT2D eigenvalue weighted by Gasteiger charge is 2.31. The fraction of sp³-hybridized carbons (Fsp3) is 0.571. The third kappa shape index (κ3) is 2.81. The van der Waals surface area contributed by atoms with Gasteiger partial charge in [0.1, 0.15) is 0 Å². The molecule has 98 valence electrons. The van der Waals surface area contributed by atoms with Crippen LogP contribution in [-0.4, -0.2) is 11.5 Å². The molecule has 0 radical (unpaired) electrons. The molecule has 0 heterocycles. The Morgan fingerprint density at radius 2 is 1.89 bits per heavy atom. The van der Waals surface area contributed by atoms with Crippen LogP contribution in [-0.2, 0) is 0 Å². The van der Waals surface area contributed by atoms with Crippen molar-refractivity contribution in [1.29, 1.82) is 0 Å². The van der Waals surface area contributed by atoms with E-state index in [1.54, 1.807) is 24.3 Å². The lowest BCUT2D eigenvalue weighted by molar-refractivity contribution is -0.384. The van der Waals surface area contributed by atoms with Crippen LogP contribution in [0.1, 0.15) is 39.0 Å². The molecule has 0 saturated heterocycles. The fourth-order valence-corrected chi connectivity index (χ4v) is 2.77. The quantitative estimate of drug-likeness (QED) is 0.633. The number of nitro benzene ring substituents is 1. The highest BCUT2D eigenvalue weighted by atomic mass is 16.6. The minimum atomic E-state index is -0.367. The molecule has 4 heteroatoms. The van der Waals surface area contributed by atoms with Crippen LogP contribution in [0.15, 0.2) is 24.3 Å². The van der Waals surface area contributed by atoms with Gasteiger partial charge in [-0.1, -0.05) is 19.8 Å². The van der Waals surface area contributed by atoms with E-state index < -0.39 is 0 Å². The standard InChI is InChI=1S/C14H20N2O2/c1-2-14(9-3-4-10-14)11-15-12-5-7-13(8-6-12)16(17)18/h5-8,15H,2-4,9-11H2,1H3. The minimum absolute atomic E-state index is 0.145. The summed E-state index contributed by atoms with van der Waals surface area (Å²) in [7, 11) is 0. The lowest BCUT2D eigenvalue weighted by Crippen LogP contribution is -2.25. The molecular formula is C14H20N2O2. The second-order valence-electron chi connectivity index (χ2n) is 5.22. The van der Waals surface area contributed by atoms with Crippen molar-refractivity contribution in [2.75, 3.05) is 11.9 Å². The van der Waals surface area contributed by atoms with Gasteiger partial charge in [-0.2, -0.15) is 0 Å². The first-order valence-corrected chi connectivity index (χ1v) is 6.63. The Balaban J connectivity index is 1.95. The zero-order chi connectivity index (χ0) is 13.0. The summed E-state index contributed by atoms with van der Waals surface area (Å²) >= 11 is 0. The van der Waals surface area contributed by atoms with Crippen molar-refractivity contribution in [2.24, 2.45) is 5.41 Å². The minimum Gasteiger partial charge on any atom is -0.384 e. The molecule has 1 aromatic rings. The Kier molecular flexibility index (Phi) is 3.84. The monoisotopic (exact) mass is 248 g/mol. The smallest absolute Gasteiger partial charge is 0.269 e. The van der Waals surface area contributed by atoms with Crippen LogP contribution in [0.25, 0.3) is 0 Å². The molecule has 1 saturated carbocycles. The van der Waals surface area contributed by atoms with Gasteiger partial charge in [-0.15, -0.1) is 0 Å². The Morgan fingerprint density at radius 1 is 1.28 bits per heavy atom. The average Bonchev–Trinajstić information content (AvgIpc) is 2.86. The normalized spacial score (nSPS) is 17.6. The summed E-state index contributed by atoms with van der Waals surface area (Å²) < 4.78 is 0. The van der Waals surface area contributed by atoms with Crippen LogP contribution < -0.4 is 5.32 Å². The Morgan fingerprint density at radius 3 is 2.39 bits per heavy atom. The molecule has 0 aliphatic heterocycles. The Bertz CT molecular complexity index is 408. The number of hydrogen-bond acceptors (Lipinski definition) is 3. The van der Waals surface area contributed by atoms with Crippen molar-refractivity contribution in [3.63, 3.8) is 0 Å².